The quantitative estimate of drug-likeness (QED) is 0.289. The van der Waals surface area contributed by atoms with Gasteiger partial charge in [0, 0.05) is 5.75 Å². The van der Waals surface area contributed by atoms with Crippen LogP contribution in [0.4, 0.5) is 0 Å². The van der Waals surface area contributed by atoms with Crippen molar-refractivity contribution in [2.75, 3.05) is 12.4 Å². The van der Waals surface area contributed by atoms with Gasteiger partial charge in [-0.15, -0.1) is 0 Å². The van der Waals surface area contributed by atoms with E-state index in [0.29, 0.717) is 16.2 Å². The number of H-pyrrole nitrogens is 4. The first-order chi connectivity index (χ1) is 7.20. The molecule has 82 valence electrons. The van der Waals surface area contributed by atoms with E-state index in [4.69, 9.17) is 5.11 Å². The Hall–Kier alpha value is -1.54. The normalized spacial score (nSPS) is 13.0. The zero-order chi connectivity index (χ0) is 10.8. The molecule has 8 heteroatoms. The number of hydrogen-bond acceptors (Lipinski definition) is 3. The van der Waals surface area contributed by atoms with Crippen LogP contribution in [-0.4, -0.2) is 37.4 Å². The Kier molecular flexibility index (Phi) is 2.60. The summed E-state index contributed by atoms with van der Waals surface area (Å²) in [4.78, 5) is 32.6. The SMILES string of the molecule is O=c1[nH]c2[nH]c(=[SH]CCO)[nH]c(=O)c2[nH]1. The predicted molar refractivity (Wildman–Crippen MR) is 58.1 cm³/mol. The van der Waals surface area contributed by atoms with Crippen LogP contribution in [-0.2, 0) is 0 Å². The molecular formula is C7H10N4O3S. The number of fused-ring (bicyclic) bond motifs is 1. The molecule has 2 aromatic rings. The van der Waals surface area contributed by atoms with Gasteiger partial charge in [0.15, 0.2) is 0 Å². The van der Waals surface area contributed by atoms with Crippen LogP contribution in [0, 0.1) is 4.77 Å². The highest BCUT2D eigenvalue weighted by Gasteiger charge is 2.01. The van der Waals surface area contributed by atoms with Crippen molar-refractivity contribution in [1.29, 1.82) is 0 Å². The summed E-state index contributed by atoms with van der Waals surface area (Å²) in [5.74, 6) is 0.520. The van der Waals surface area contributed by atoms with Crippen molar-refractivity contribution in [3.63, 3.8) is 0 Å². The van der Waals surface area contributed by atoms with E-state index >= 15 is 0 Å². The summed E-state index contributed by atoms with van der Waals surface area (Å²) in [6.45, 7) is 0.0408. The fourth-order valence-corrected chi connectivity index (χ4v) is 1.90. The van der Waals surface area contributed by atoms with Crippen LogP contribution < -0.4 is 11.2 Å². The lowest BCUT2D eigenvalue weighted by Crippen LogP contribution is -2.08. The van der Waals surface area contributed by atoms with E-state index in [0.717, 1.165) is 11.4 Å². The van der Waals surface area contributed by atoms with Crippen molar-refractivity contribution in [2.45, 2.75) is 0 Å². The van der Waals surface area contributed by atoms with Crippen LogP contribution in [0.15, 0.2) is 9.59 Å². The molecular weight excluding hydrogens is 220 g/mol. The third-order valence-corrected chi connectivity index (χ3v) is 2.76. The average Bonchev–Trinajstić information content (AvgIpc) is 2.56. The number of hydrogen-bond donors (Lipinski definition) is 6. The summed E-state index contributed by atoms with van der Waals surface area (Å²) >= 11 is 0.769. The van der Waals surface area contributed by atoms with Crippen molar-refractivity contribution < 1.29 is 5.11 Å². The summed E-state index contributed by atoms with van der Waals surface area (Å²) in [6.07, 6.45) is 0. The van der Waals surface area contributed by atoms with E-state index in [1.165, 1.54) is 0 Å². The lowest BCUT2D eigenvalue weighted by atomic mass is 10.6. The number of aliphatic hydroxyl groups is 1. The number of aliphatic hydroxyl groups excluding tert-OH is 1. The highest BCUT2D eigenvalue weighted by Crippen LogP contribution is 1.96. The lowest BCUT2D eigenvalue weighted by molar-refractivity contribution is 0.323. The molecule has 0 aliphatic rings. The summed E-state index contributed by atoms with van der Waals surface area (Å²) in [7, 11) is 0. The maximum Gasteiger partial charge on any atom is 0.325 e. The van der Waals surface area contributed by atoms with Crippen molar-refractivity contribution in [1.82, 2.24) is 19.9 Å². The molecule has 7 nitrogen and oxygen atoms in total. The Morgan fingerprint density at radius 1 is 1.13 bits per heavy atom. The van der Waals surface area contributed by atoms with Crippen LogP contribution in [0.1, 0.15) is 0 Å². The summed E-state index contributed by atoms with van der Waals surface area (Å²) < 4.78 is 0.553. The number of imidazole rings is 1. The molecule has 0 saturated heterocycles. The van der Waals surface area contributed by atoms with Crippen molar-refractivity contribution >= 4 is 22.5 Å². The number of aromatic amines is 4. The second kappa shape index (κ2) is 3.91. The lowest BCUT2D eigenvalue weighted by Gasteiger charge is -1.91. The van der Waals surface area contributed by atoms with E-state index in [1.54, 1.807) is 0 Å². The topological polar surface area (TPSA) is 118 Å². The van der Waals surface area contributed by atoms with E-state index < -0.39 is 5.69 Å². The predicted octanol–water partition coefficient (Wildman–Crippen LogP) is -1.14. The molecule has 0 bridgehead atoms. The van der Waals surface area contributed by atoms with Gasteiger partial charge in [-0.05, 0) is 0 Å². The van der Waals surface area contributed by atoms with Gasteiger partial charge in [-0.25, -0.2) is 4.79 Å². The monoisotopic (exact) mass is 230 g/mol. The highest BCUT2D eigenvalue weighted by molar-refractivity contribution is 7.91. The molecule has 0 spiro atoms. The molecule has 0 aliphatic heterocycles. The maximum absolute atomic E-state index is 11.4. The molecule has 0 amide bonds. The zero-order valence-electron chi connectivity index (χ0n) is 7.63. The highest BCUT2D eigenvalue weighted by atomic mass is 32.1. The van der Waals surface area contributed by atoms with Crippen LogP contribution in [0.25, 0.3) is 11.2 Å². The second-order valence-electron chi connectivity index (χ2n) is 2.86. The molecule has 2 heterocycles. The summed E-state index contributed by atoms with van der Waals surface area (Å²) in [5.41, 5.74) is -0.225. The molecule has 0 saturated carbocycles. The Bertz CT molecular complexity index is 646. The van der Waals surface area contributed by atoms with Crippen LogP contribution in [0.3, 0.4) is 0 Å². The minimum atomic E-state index is -0.428. The van der Waals surface area contributed by atoms with E-state index in [9.17, 15) is 9.59 Å². The number of aromatic nitrogens is 4. The number of thiol groups is 1. The Morgan fingerprint density at radius 2 is 1.93 bits per heavy atom. The third kappa shape index (κ3) is 1.95. The first-order valence-corrected chi connectivity index (χ1v) is 5.34. The van der Waals surface area contributed by atoms with Crippen molar-refractivity contribution in [2.24, 2.45) is 0 Å². The third-order valence-electron chi connectivity index (χ3n) is 1.80. The largest absolute Gasteiger partial charge is 0.396 e. The number of rotatable bonds is 2. The van der Waals surface area contributed by atoms with Gasteiger partial charge >= 0.3 is 5.69 Å². The van der Waals surface area contributed by atoms with E-state index in [2.05, 4.69) is 19.9 Å². The molecule has 15 heavy (non-hydrogen) atoms. The second-order valence-corrected chi connectivity index (χ2v) is 4.07. The van der Waals surface area contributed by atoms with Crippen LogP contribution >= 0.6 is 11.4 Å². The maximum atomic E-state index is 11.4. The van der Waals surface area contributed by atoms with Gasteiger partial charge in [-0.2, -0.15) is 11.4 Å². The van der Waals surface area contributed by atoms with E-state index in [-0.39, 0.29) is 17.7 Å². The van der Waals surface area contributed by atoms with Crippen LogP contribution in [0.2, 0.25) is 0 Å². The first-order valence-electron chi connectivity index (χ1n) is 4.26. The van der Waals surface area contributed by atoms with E-state index in [1.807, 2.05) is 0 Å². The molecule has 0 radical (unpaired) electrons. The molecule has 0 fully saturated rings. The first kappa shape index (κ1) is 9.99. The average molecular weight is 230 g/mol. The Balaban J connectivity index is 2.72. The Morgan fingerprint density at radius 3 is 2.67 bits per heavy atom. The van der Waals surface area contributed by atoms with Gasteiger partial charge in [0.25, 0.3) is 5.56 Å². The van der Waals surface area contributed by atoms with Gasteiger partial charge in [0.2, 0.25) is 0 Å². The van der Waals surface area contributed by atoms with Crippen molar-refractivity contribution in [3.05, 3.63) is 25.6 Å². The molecule has 0 unspecified atom stereocenters. The fourth-order valence-electron chi connectivity index (χ4n) is 1.21. The molecule has 2 rings (SSSR count). The molecule has 0 aromatic carbocycles. The minimum absolute atomic E-state index is 0.0408. The van der Waals surface area contributed by atoms with Gasteiger partial charge in [0.05, 0.1) is 6.61 Å². The van der Waals surface area contributed by atoms with Crippen LogP contribution in [0.5, 0.6) is 0 Å². The molecule has 0 atom stereocenters. The standard InChI is InChI=1S/C7H10N4O3S/c12-1-2-15-7-10-4-3(5(13)11-7)8-6(14)9-4/h10,12,15H,1-2H2,(H,11,13)(H2,8,9,14). The van der Waals surface area contributed by atoms with Gasteiger partial charge in [-0.3, -0.25) is 14.8 Å². The van der Waals surface area contributed by atoms with Gasteiger partial charge < -0.3 is 15.1 Å². The molecule has 0 aliphatic carbocycles. The van der Waals surface area contributed by atoms with Crippen molar-refractivity contribution in [3.8, 4) is 0 Å². The fraction of sp³-hybridized carbons (Fsp3) is 0.286. The zero-order valence-corrected chi connectivity index (χ0v) is 8.52. The summed E-state index contributed by atoms with van der Waals surface area (Å²) in [5, 5.41) is 8.64. The minimum Gasteiger partial charge on any atom is -0.396 e. The number of nitrogens with one attached hydrogen (secondary N) is 4. The Labute approximate surface area is 86.2 Å². The summed E-state index contributed by atoms with van der Waals surface area (Å²) in [6, 6.07) is 0. The van der Waals surface area contributed by atoms with Gasteiger partial charge in [-0.1, -0.05) is 0 Å². The smallest absolute Gasteiger partial charge is 0.325 e. The van der Waals surface area contributed by atoms with Gasteiger partial charge in [0.1, 0.15) is 15.9 Å². The molecule has 2 aromatic heterocycles. The molecule has 5 N–H and O–H groups in total.